The van der Waals surface area contributed by atoms with Crippen LogP contribution < -0.4 is 19.1 Å². The fourth-order valence-electron chi connectivity index (χ4n) is 2.85. The number of carbonyl (C=O) groups excluding carboxylic acids is 1. The number of hydrogen-bond acceptors (Lipinski definition) is 5. The predicted molar refractivity (Wildman–Crippen MR) is 118 cm³/mol. The molecule has 0 bridgehead atoms. The Morgan fingerprint density at radius 2 is 1.63 bits per heavy atom. The van der Waals surface area contributed by atoms with Crippen LogP contribution in [0, 0.1) is 11.3 Å². The van der Waals surface area contributed by atoms with Gasteiger partial charge in [0.05, 0.1) is 32.3 Å². The van der Waals surface area contributed by atoms with Crippen molar-refractivity contribution in [2.24, 2.45) is 0 Å². The molecule has 0 aliphatic rings. The molecule has 0 aliphatic carbocycles. The number of nitriles is 1. The minimum Gasteiger partial charge on any atom is -0.494 e. The van der Waals surface area contributed by atoms with Crippen molar-refractivity contribution in [2.75, 3.05) is 31.3 Å². The zero-order chi connectivity index (χ0) is 21.8. The van der Waals surface area contributed by atoms with Crippen LogP contribution in [0.3, 0.4) is 0 Å². The summed E-state index contributed by atoms with van der Waals surface area (Å²) in [6.07, 6.45) is 3.47. The van der Waals surface area contributed by atoms with Gasteiger partial charge in [-0.3, -0.25) is 4.79 Å². The third kappa shape index (κ3) is 6.56. The van der Waals surface area contributed by atoms with Crippen molar-refractivity contribution in [3.8, 4) is 23.3 Å². The minimum atomic E-state index is -0.207. The van der Waals surface area contributed by atoms with E-state index in [1.54, 1.807) is 11.0 Å². The van der Waals surface area contributed by atoms with E-state index in [0.29, 0.717) is 43.6 Å². The highest BCUT2D eigenvalue weighted by Gasteiger charge is 2.13. The van der Waals surface area contributed by atoms with Gasteiger partial charge >= 0.3 is 0 Å². The zero-order valence-electron chi connectivity index (χ0n) is 17.8. The van der Waals surface area contributed by atoms with Crippen molar-refractivity contribution < 1.29 is 19.0 Å². The monoisotopic (exact) mass is 408 g/mol. The molecule has 6 nitrogen and oxygen atoms in total. The maximum Gasteiger partial charge on any atom is 0.251 e. The first-order chi connectivity index (χ1) is 14.6. The van der Waals surface area contributed by atoms with Crippen LogP contribution in [0.4, 0.5) is 5.69 Å². The molecule has 0 unspecified atom stereocenters. The lowest BCUT2D eigenvalue weighted by Gasteiger charge is -2.20. The molecule has 0 saturated carbocycles. The molecule has 0 spiro atoms. The summed E-state index contributed by atoms with van der Waals surface area (Å²) in [4.78, 5) is 14.4. The minimum absolute atomic E-state index is 0.207. The second kappa shape index (κ2) is 12.2. The number of anilines is 1. The number of ether oxygens (including phenoxy) is 3. The molecule has 0 aliphatic heterocycles. The van der Waals surface area contributed by atoms with Gasteiger partial charge in [0.25, 0.3) is 5.91 Å². The lowest BCUT2D eigenvalue weighted by molar-refractivity contribution is -0.114. The Balaban J connectivity index is 2.21. The number of hydrogen-bond donors (Lipinski definition) is 0. The highest BCUT2D eigenvalue weighted by atomic mass is 16.5. The molecule has 0 fully saturated rings. The van der Waals surface area contributed by atoms with Gasteiger partial charge in [0.2, 0.25) is 0 Å². The molecule has 30 heavy (non-hydrogen) atoms. The first-order valence-corrected chi connectivity index (χ1v) is 10.1. The van der Waals surface area contributed by atoms with Crippen molar-refractivity contribution in [2.45, 2.75) is 27.2 Å². The second-order valence-electron chi connectivity index (χ2n) is 6.23. The van der Waals surface area contributed by atoms with Crippen molar-refractivity contribution in [3.63, 3.8) is 0 Å². The Labute approximate surface area is 178 Å². The van der Waals surface area contributed by atoms with Crippen LogP contribution in [0.1, 0.15) is 32.8 Å². The summed E-state index contributed by atoms with van der Waals surface area (Å²) in [5.74, 6) is 1.85. The van der Waals surface area contributed by atoms with Crippen molar-refractivity contribution >= 4 is 17.7 Å². The van der Waals surface area contributed by atoms with E-state index in [4.69, 9.17) is 19.5 Å². The average Bonchev–Trinajstić information content (AvgIpc) is 2.75. The van der Waals surface area contributed by atoms with E-state index in [1.165, 1.54) is 6.08 Å². The zero-order valence-corrected chi connectivity index (χ0v) is 17.8. The van der Waals surface area contributed by atoms with E-state index in [0.717, 1.165) is 11.3 Å². The number of amides is 1. The van der Waals surface area contributed by atoms with Gasteiger partial charge in [-0.1, -0.05) is 6.07 Å². The molecule has 0 radical (unpaired) electrons. The third-order valence-corrected chi connectivity index (χ3v) is 4.16. The van der Waals surface area contributed by atoms with Gasteiger partial charge in [0, 0.05) is 18.3 Å². The van der Waals surface area contributed by atoms with Gasteiger partial charge < -0.3 is 19.1 Å². The Kier molecular flexibility index (Phi) is 9.26. The van der Waals surface area contributed by atoms with Crippen molar-refractivity contribution in [3.05, 3.63) is 54.1 Å². The molecule has 0 saturated heterocycles. The predicted octanol–water partition coefficient (Wildman–Crippen LogP) is 4.84. The van der Waals surface area contributed by atoms with E-state index in [1.807, 2.05) is 63.2 Å². The van der Waals surface area contributed by atoms with Crippen LogP contribution in [0.2, 0.25) is 0 Å². The lowest BCUT2D eigenvalue weighted by Crippen LogP contribution is -2.30. The molecular weight excluding hydrogens is 380 g/mol. The molecule has 6 heteroatoms. The fraction of sp³-hybridized carbons (Fsp3) is 0.333. The van der Waals surface area contributed by atoms with Crippen molar-refractivity contribution in [1.29, 1.82) is 5.26 Å². The van der Waals surface area contributed by atoms with Gasteiger partial charge in [-0.05, 0) is 68.8 Å². The SMILES string of the molecule is CCOc1ccc(N(CCC#N)C(=O)/C=C/c2ccc(OCC)c(OCC)c2)cc1. The Morgan fingerprint density at radius 1 is 0.967 bits per heavy atom. The Hall–Kier alpha value is -3.46. The van der Waals surface area contributed by atoms with E-state index in [2.05, 4.69) is 6.07 Å². The average molecular weight is 408 g/mol. The summed E-state index contributed by atoms with van der Waals surface area (Å²) < 4.78 is 16.7. The topological polar surface area (TPSA) is 71.8 Å². The van der Waals surface area contributed by atoms with E-state index < -0.39 is 0 Å². The molecular formula is C24H28N2O4. The van der Waals surface area contributed by atoms with Crippen LogP contribution in [0.25, 0.3) is 6.08 Å². The molecule has 2 aromatic rings. The Morgan fingerprint density at radius 3 is 2.27 bits per heavy atom. The smallest absolute Gasteiger partial charge is 0.251 e. The Bertz CT molecular complexity index is 885. The number of carbonyl (C=O) groups is 1. The third-order valence-electron chi connectivity index (χ3n) is 4.16. The summed E-state index contributed by atoms with van der Waals surface area (Å²) in [6.45, 7) is 7.69. The first-order valence-electron chi connectivity index (χ1n) is 10.1. The highest BCUT2D eigenvalue weighted by Crippen LogP contribution is 2.29. The summed E-state index contributed by atoms with van der Waals surface area (Å²) >= 11 is 0. The van der Waals surface area contributed by atoms with E-state index in [-0.39, 0.29) is 12.3 Å². The fourth-order valence-corrected chi connectivity index (χ4v) is 2.85. The van der Waals surface area contributed by atoms with Crippen LogP contribution in [0.15, 0.2) is 48.5 Å². The van der Waals surface area contributed by atoms with Crippen LogP contribution in [0.5, 0.6) is 17.2 Å². The standard InChI is InChI=1S/C24H28N2O4/c1-4-28-21-12-10-20(11-13-21)26(17-7-16-25)24(27)15-9-19-8-14-22(29-5-2)23(18-19)30-6-3/h8-15,18H,4-7,17H2,1-3H3/b15-9+. The summed E-state index contributed by atoms with van der Waals surface area (Å²) in [6, 6.07) is 14.9. The van der Waals surface area contributed by atoms with Crippen molar-refractivity contribution in [1.82, 2.24) is 0 Å². The normalized spacial score (nSPS) is 10.5. The number of benzene rings is 2. The molecule has 0 atom stereocenters. The largest absolute Gasteiger partial charge is 0.494 e. The summed E-state index contributed by atoms with van der Waals surface area (Å²) in [5.41, 5.74) is 1.53. The van der Waals surface area contributed by atoms with Gasteiger partial charge in [-0.25, -0.2) is 0 Å². The van der Waals surface area contributed by atoms with Gasteiger partial charge in [0.1, 0.15) is 5.75 Å². The van der Waals surface area contributed by atoms with E-state index >= 15 is 0 Å². The number of rotatable bonds is 11. The molecule has 1 amide bonds. The highest BCUT2D eigenvalue weighted by molar-refractivity contribution is 6.03. The van der Waals surface area contributed by atoms with Crippen LogP contribution in [-0.2, 0) is 4.79 Å². The van der Waals surface area contributed by atoms with Gasteiger partial charge in [0.15, 0.2) is 11.5 Å². The maximum absolute atomic E-state index is 12.9. The quantitative estimate of drug-likeness (QED) is 0.497. The van der Waals surface area contributed by atoms with Gasteiger partial charge in [-0.15, -0.1) is 0 Å². The second-order valence-corrected chi connectivity index (χ2v) is 6.23. The van der Waals surface area contributed by atoms with Crippen LogP contribution in [-0.4, -0.2) is 32.3 Å². The number of nitrogens with zero attached hydrogens (tertiary/aromatic N) is 2. The maximum atomic E-state index is 12.9. The summed E-state index contributed by atoms with van der Waals surface area (Å²) in [7, 11) is 0. The molecule has 0 N–H and O–H groups in total. The van der Waals surface area contributed by atoms with Gasteiger partial charge in [-0.2, -0.15) is 5.26 Å². The summed E-state index contributed by atoms with van der Waals surface area (Å²) in [5, 5.41) is 8.96. The van der Waals surface area contributed by atoms with E-state index in [9.17, 15) is 4.79 Å². The molecule has 0 aromatic heterocycles. The molecule has 0 heterocycles. The van der Waals surface area contributed by atoms with Crippen LogP contribution >= 0.6 is 0 Å². The first kappa shape index (κ1) is 22.8. The molecule has 2 rings (SSSR count). The molecule has 158 valence electrons. The lowest BCUT2D eigenvalue weighted by atomic mass is 10.1. The molecule has 2 aromatic carbocycles.